The highest BCUT2D eigenvalue weighted by Crippen LogP contribution is 2.21. The van der Waals surface area contributed by atoms with Gasteiger partial charge in [-0.2, -0.15) is 0 Å². The summed E-state index contributed by atoms with van der Waals surface area (Å²) in [6.07, 6.45) is 0.218. The number of primary amides is 2. The second-order valence-electron chi connectivity index (χ2n) is 3.24. The van der Waals surface area contributed by atoms with Crippen LogP contribution in [0.2, 0.25) is 0 Å². The molecule has 76 valence electrons. The predicted octanol–water partition coefficient (Wildman–Crippen LogP) is -0.502. The van der Waals surface area contributed by atoms with E-state index in [1.165, 1.54) is 0 Å². The molecule has 0 bridgehead atoms. The molecule has 5 nitrogen and oxygen atoms in total. The highest BCUT2D eigenvalue weighted by Gasteiger charge is 2.21. The summed E-state index contributed by atoms with van der Waals surface area (Å²) in [5.41, 5.74) is 12.5. The summed E-state index contributed by atoms with van der Waals surface area (Å²) >= 11 is 0. The van der Waals surface area contributed by atoms with E-state index < -0.39 is 11.8 Å². The largest absolute Gasteiger partial charge is 0.366 e. The smallest absolute Gasteiger partial charge is 0.246 e. The quantitative estimate of drug-likeness (QED) is 0.553. The van der Waals surface area contributed by atoms with Gasteiger partial charge < -0.3 is 16.8 Å². The van der Waals surface area contributed by atoms with E-state index in [1.54, 1.807) is 13.8 Å². The number of dihydropyridines is 1. The number of amides is 2. The van der Waals surface area contributed by atoms with Crippen LogP contribution in [0.3, 0.4) is 0 Å². The Balaban J connectivity index is 3.03. The third-order valence-electron chi connectivity index (χ3n) is 2.23. The van der Waals surface area contributed by atoms with Crippen molar-refractivity contribution in [2.45, 2.75) is 20.3 Å². The minimum atomic E-state index is -0.527. The molecule has 1 aliphatic rings. The van der Waals surface area contributed by atoms with Crippen LogP contribution in [-0.4, -0.2) is 11.8 Å². The van der Waals surface area contributed by atoms with E-state index in [0.717, 1.165) is 0 Å². The number of nitrogens with one attached hydrogen (secondary N) is 1. The summed E-state index contributed by atoms with van der Waals surface area (Å²) in [5.74, 6) is -1.05. The van der Waals surface area contributed by atoms with Gasteiger partial charge in [-0.25, -0.2) is 0 Å². The van der Waals surface area contributed by atoms with E-state index in [4.69, 9.17) is 11.5 Å². The number of carbonyl (C=O) groups is 2. The Kier molecular flexibility index (Phi) is 2.60. The lowest BCUT2D eigenvalue weighted by Crippen LogP contribution is -2.30. The van der Waals surface area contributed by atoms with Crippen molar-refractivity contribution in [3.05, 3.63) is 22.5 Å². The first kappa shape index (κ1) is 10.3. The van der Waals surface area contributed by atoms with E-state index in [9.17, 15) is 9.59 Å². The van der Waals surface area contributed by atoms with Gasteiger partial charge in [0.1, 0.15) is 0 Å². The number of nitrogens with two attached hydrogens (primary N) is 2. The first-order chi connectivity index (χ1) is 6.43. The standard InChI is InChI=1S/C9H13N3O2/c1-4-6(8(10)13)3-7(9(11)14)5(2)12-4/h12H,3H2,1-2H3,(H2,10,13)(H2,11,14). The molecule has 0 saturated carbocycles. The van der Waals surface area contributed by atoms with Crippen molar-refractivity contribution in [1.29, 1.82) is 0 Å². The van der Waals surface area contributed by atoms with Gasteiger partial charge in [-0.3, -0.25) is 9.59 Å². The SMILES string of the molecule is CC1=C(C(N)=O)CC(C(N)=O)=C(C)N1. The Hall–Kier alpha value is -1.78. The van der Waals surface area contributed by atoms with Gasteiger partial charge >= 0.3 is 0 Å². The van der Waals surface area contributed by atoms with Crippen LogP contribution in [0.15, 0.2) is 22.5 Å². The fourth-order valence-corrected chi connectivity index (χ4v) is 1.42. The molecule has 0 aromatic rings. The third kappa shape index (κ3) is 1.76. The summed E-state index contributed by atoms with van der Waals surface area (Å²) < 4.78 is 0. The normalized spacial score (nSPS) is 16.7. The Morgan fingerprint density at radius 3 is 1.71 bits per heavy atom. The summed E-state index contributed by atoms with van der Waals surface area (Å²) in [6, 6.07) is 0. The van der Waals surface area contributed by atoms with E-state index in [-0.39, 0.29) is 6.42 Å². The van der Waals surface area contributed by atoms with Gasteiger partial charge in [0.2, 0.25) is 11.8 Å². The minimum absolute atomic E-state index is 0.218. The number of rotatable bonds is 2. The lowest BCUT2D eigenvalue weighted by Gasteiger charge is -2.20. The summed E-state index contributed by atoms with van der Waals surface area (Å²) in [5, 5.41) is 2.90. The molecule has 1 heterocycles. The maximum atomic E-state index is 11.0. The molecule has 0 aromatic heterocycles. The molecule has 0 spiro atoms. The van der Waals surface area contributed by atoms with Gasteiger partial charge in [0, 0.05) is 29.0 Å². The Labute approximate surface area is 81.8 Å². The number of hydrogen-bond acceptors (Lipinski definition) is 3. The van der Waals surface area contributed by atoms with Crippen LogP contribution in [0, 0.1) is 0 Å². The second-order valence-corrected chi connectivity index (χ2v) is 3.24. The van der Waals surface area contributed by atoms with Crippen LogP contribution >= 0.6 is 0 Å². The summed E-state index contributed by atoms with van der Waals surface area (Å²) in [4.78, 5) is 22.0. The average Bonchev–Trinajstić information content (AvgIpc) is 2.02. The number of carbonyl (C=O) groups excluding carboxylic acids is 2. The van der Waals surface area contributed by atoms with Crippen LogP contribution in [0.1, 0.15) is 20.3 Å². The third-order valence-corrected chi connectivity index (χ3v) is 2.23. The molecular weight excluding hydrogens is 182 g/mol. The number of allylic oxidation sites excluding steroid dienone is 2. The first-order valence-corrected chi connectivity index (χ1v) is 4.19. The van der Waals surface area contributed by atoms with E-state index in [1.807, 2.05) is 0 Å². The number of hydrogen-bond donors (Lipinski definition) is 3. The van der Waals surface area contributed by atoms with Gasteiger partial charge in [0.05, 0.1) is 0 Å². The van der Waals surface area contributed by atoms with Gasteiger partial charge in [0.25, 0.3) is 0 Å². The second kappa shape index (κ2) is 3.53. The zero-order chi connectivity index (χ0) is 10.9. The fourth-order valence-electron chi connectivity index (χ4n) is 1.42. The van der Waals surface area contributed by atoms with Gasteiger partial charge in [0.15, 0.2) is 0 Å². The zero-order valence-corrected chi connectivity index (χ0v) is 8.18. The van der Waals surface area contributed by atoms with Crippen LogP contribution in [-0.2, 0) is 9.59 Å². The van der Waals surface area contributed by atoms with Crippen LogP contribution in [0.25, 0.3) is 0 Å². The summed E-state index contributed by atoms with van der Waals surface area (Å²) in [6.45, 7) is 3.47. The molecule has 1 aliphatic heterocycles. The van der Waals surface area contributed by atoms with Crippen molar-refractivity contribution in [3.8, 4) is 0 Å². The zero-order valence-electron chi connectivity index (χ0n) is 8.18. The van der Waals surface area contributed by atoms with Gasteiger partial charge in [-0.1, -0.05) is 0 Å². The van der Waals surface area contributed by atoms with Crippen molar-refractivity contribution in [2.75, 3.05) is 0 Å². The Morgan fingerprint density at radius 1 is 1.07 bits per heavy atom. The molecule has 0 saturated heterocycles. The minimum Gasteiger partial charge on any atom is -0.366 e. The highest BCUT2D eigenvalue weighted by atomic mass is 16.1. The van der Waals surface area contributed by atoms with Gasteiger partial charge in [-0.15, -0.1) is 0 Å². The molecule has 5 heteroatoms. The van der Waals surface area contributed by atoms with Crippen molar-refractivity contribution < 1.29 is 9.59 Å². The molecule has 0 fully saturated rings. The molecule has 0 atom stereocenters. The molecule has 0 aromatic carbocycles. The highest BCUT2D eigenvalue weighted by molar-refractivity contribution is 5.99. The molecule has 14 heavy (non-hydrogen) atoms. The fraction of sp³-hybridized carbons (Fsp3) is 0.333. The average molecular weight is 195 g/mol. The monoisotopic (exact) mass is 195 g/mol. The van der Waals surface area contributed by atoms with Crippen molar-refractivity contribution in [1.82, 2.24) is 5.32 Å². The van der Waals surface area contributed by atoms with E-state index in [0.29, 0.717) is 22.5 Å². The van der Waals surface area contributed by atoms with Crippen LogP contribution in [0.4, 0.5) is 0 Å². The lowest BCUT2D eigenvalue weighted by molar-refractivity contribution is -0.115. The van der Waals surface area contributed by atoms with Crippen molar-refractivity contribution in [3.63, 3.8) is 0 Å². The Morgan fingerprint density at radius 2 is 1.43 bits per heavy atom. The molecule has 0 radical (unpaired) electrons. The maximum Gasteiger partial charge on any atom is 0.246 e. The van der Waals surface area contributed by atoms with Crippen LogP contribution in [0.5, 0.6) is 0 Å². The molecule has 2 amide bonds. The topological polar surface area (TPSA) is 98.2 Å². The summed E-state index contributed by atoms with van der Waals surface area (Å²) in [7, 11) is 0. The van der Waals surface area contributed by atoms with Gasteiger partial charge in [-0.05, 0) is 13.8 Å². The van der Waals surface area contributed by atoms with Crippen LogP contribution < -0.4 is 16.8 Å². The molecule has 5 N–H and O–H groups in total. The van der Waals surface area contributed by atoms with Crippen molar-refractivity contribution in [2.24, 2.45) is 11.5 Å². The van der Waals surface area contributed by atoms with E-state index >= 15 is 0 Å². The van der Waals surface area contributed by atoms with E-state index in [2.05, 4.69) is 5.32 Å². The molecular formula is C9H13N3O2. The Bertz CT molecular complexity index is 332. The molecule has 0 unspecified atom stereocenters. The first-order valence-electron chi connectivity index (χ1n) is 4.19. The molecule has 1 rings (SSSR count). The maximum absolute atomic E-state index is 11.0. The van der Waals surface area contributed by atoms with Crippen molar-refractivity contribution >= 4 is 11.8 Å². The predicted molar refractivity (Wildman–Crippen MR) is 51.5 cm³/mol. The lowest BCUT2D eigenvalue weighted by atomic mass is 9.97. The molecule has 0 aliphatic carbocycles.